The zero-order valence-corrected chi connectivity index (χ0v) is 16.8. The van der Waals surface area contributed by atoms with Gasteiger partial charge < -0.3 is 0 Å². The topological polar surface area (TPSA) is 0 Å². The van der Waals surface area contributed by atoms with Gasteiger partial charge in [-0.2, -0.15) is 12.2 Å². The minimum Gasteiger partial charge on any atom is -0.269 e. The molecule has 1 heteroatoms. The first-order valence-corrected chi connectivity index (χ1v) is 6.77. The predicted molar refractivity (Wildman–Crippen MR) is 79.9 cm³/mol. The molecular weight excluding hydrogens is 395 g/mol. The number of hydrogen-bond acceptors (Lipinski definition) is 0. The van der Waals surface area contributed by atoms with Crippen molar-refractivity contribution >= 4 is 0 Å². The van der Waals surface area contributed by atoms with Crippen LogP contribution in [0.1, 0.15) is 54.4 Å². The SMILES string of the molecule is CC(C)(C)C1=[C-]CC=C1.CC(C)(C)C1=[C-]CC=C1.[Hf]. The molecule has 2 aliphatic carbocycles. The summed E-state index contributed by atoms with van der Waals surface area (Å²) in [5, 5.41) is 0. The fourth-order valence-electron chi connectivity index (χ4n) is 1.84. The van der Waals surface area contributed by atoms with Crippen molar-refractivity contribution in [2.45, 2.75) is 54.4 Å². The van der Waals surface area contributed by atoms with E-state index in [1.807, 2.05) is 0 Å². The average Bonchev–Trinajstić information content (AvgIpc) is 2.91. The molecule has 19 heavy (non-hydrogen) atoms. The van der Waals surface area contributed by atoms with Gasteiger partial charge in [-0.1, -0.05) is 41.5 Å². The first kappa shape index (κ1) is 18.8. The van der Waals surface area contributed by atoms with E-state index >= 15 is 0 Å². The van der Waals surface area contributed by atoms with Crippen LogP contribution in [0.4, 0.5) is 0 Å². The molecule has 0 nitrogen and oxygen atoms in total. The van der Waals surface area contributed by atoms with Crippen LogP contribution in [0.5, 0.6) is 0 Å². The zero-order chi connectivity index (χ0) is 13.8. The molecular formula is C18H26Hf-2. The second kappa shape index (κ2) is 7.57. The van der Waals surface area contributed by atoms with Gasteiger partial charge in [-0.25, -0.2) is 23.3 Å². The van der Waals surface area contributed by atoms with E-state index in [0.29, 0.717) is 10.8 Å². The van der Waals surface area contributed by atoms with Crippen LogP contribution in [0, 0.1) is 23.0 Å². The van der Waals surface area contributed by atoms with E-state index in [-0.39, 0.29) is 25.8 Å². The summed E-state index contributed by atoms with van der Waals surface area (Å²) in [4.78, 5) is 0. The van der Waals surface area contributed by atoms with E-state index in [2.05, 4.69) is 78.0 Å². The van der Waals surface area contributed by atoms with Crippen molar-refractivity contribution in [3.63, 3.8) is 0 Å². The van der Waals surface area contributed by atoms with Gasteiger partial charge in [-0.3, -0.25) is 12.2 Å². The first-order chi connectivity index (χ1) is 8.21. The number of allylic oxidation sites excluding steroid dienone is 8. The molecule has 0 saturated heterocycles. The molecule has 0 aromatic heterocycles. The Labute approximate surface area is 138 Å². The standard InChI is InChI=1S/2C9H13.Hf/c2*1-9(2,3)8-6-4-5-7-8;/h2*4,6H,5H2,1-3H3;/q2*-1;. The largest absolute Gasteiger partial charge is 0.269 e. The summed E-state index contributed by atoms with van der Waals surface area (Å²) in [7, 11) is 0. The van der Waals surface area contributed by atoms with Gasteiger partial charge in [-0.15, -0.1) is 12.8 Å². The molecule has 0 aliphatic heterocycles. The molecule has 0 heterocycles. The Morgan fingerprint density at radius 1 is 0.737 bits per heavy atom. The van der Waals surface area contributed by atoms with Gasteiger partial charge >= 0.3 is 0 Å². The van der Waals surface area contributed by atoms with Crippen LogP contribution < -0.4 is 0 Å². The molecule has 0 aromatic rings. The molecule has 0 aromatic carbocycles. The van der Waals surface area contributed by atoms with Crippen LogP contribution in [0.2, 0.25) is 0 Å². The molecule has 0 spiro atoms. The zero-order valence-electron chi connectivity index (χ0n) is 13.2. The summed E-state index contributed by atoms with van der Waals surface area (Å²) < 4.78 is 0. The monoisotopic (exact) mass is 422 g/mol. The summed E-state index contributed by atoms with van der Waals surface area (Å²) >= 11 is 0. The smallest absolute Gasteiger partial charge is 0 e. The second-order valence-corrected chi connectivity index (χ2v) is 6.89. The summed E-state index contributed by atoms with van der Waals surface area (Å²) in [6.45, 7) is 13.3. The van der Waals surface area contributed by atoms with Crippen LogP contribution in [-0.4, -0.2) is 0 Å². The Kier molecular flexibility index (Phi) is 7.50. The quantitative estimate of drug-likeness (QED) is 0.361. The summed E-state index contributed by atoms with van der Waals surface area (Å²) in [5.74, 6) is 0. The third-order valence-corrected chi connectivity index (χ3v) is 3.01. The maximum atomic E-state index is 3.30. The fourth-order valence-corrected chi connectivity index (χ4v) is 1.84. The van der Waals surface area contributed by atoms with Crippen molar-refractivity contribution in [2.75, 3.05) is 0 Å². The second-order valence-electron chi connectivity index (χ2n) is 6.89. The average molecular weight is 421 g/mol. The third-order valence-electron chi connectivity index (χ3n) is 3.01. The van der Waals surface area contributed by atoms with Gasteiger partial charge in [-0.05, 0) is 10.8 Å². The van der Waals surface area contributed by atoms with Crippen molar-refractivity contribution in [3.05, 3.63) is 47.6 Å². The first-order valence-electron chi connectivity index (χ1n) is 6.77. The van der Waals surface area contributed by atoms with Crippen molar-refractivity contribution in [1.29, 1.82) is 0 Å². The maximum absolute atomic E-state index is 3.30. The van der Waals surface area contributed by atoms with Crippen LogP contribution >= 0.6 is 0 Å². The van der Waals surface area contributed by atoms with Gasteiger partial charge in [0, 0.05) is 25.8 Å². The van der Waals surface area contributed by atoms with Crippen molar-refractivity contribution in [2.24, 2.45) is 10.8 Å². The minimum absolute atomic E-state index is 0. The maximum Gasteiger partial charge on any atom is 0 e. The summed E-state index contributed by atoms with van der Waals surface area (Å²) in [6, 6.07) is 0. The Morgan fingerprint density at radius 3 is 1.16 bits per heavy atom. The molecule has 0 radical (unpaired) electrons. The molecule has 0 N–H and O–H groups in total. The van der Waals surface area contributed by atoms with E-state index < -0.39 is 0 Å². The summed E-state index contributed by atoms with van der Waals surface area (Å²) in [6.07, 6.45) is 17.3. The molecule has 0 atom stereocenters. The Morgan fingerprint density at radius 2 is 1.05 bits per heavy atom. The van der Waals surface area contributed by atoms with E-state index in [9.17, 15) is 0 Å². The molecule has 0 amide bonds. The third kappa shape index (κ3) is 6.70. The van der Waals surface area contributed by atoms with E-state index in [4.69, 9.17) is 0 Å². The molecule has 2 aliphatic rings. The van der Waals surface area contributed by atoms with Crippen molar-refractivity contribution < 1.29 is 25.8 Å². The Hall–Kier alpha value is -0.170. The molecule has 104 valence electrons. The predicted octanol–water partition coefficient (Wildman–Crippen LogP) is 5.44. The van der Waals surface area contributed by atoms with E-state index in [1.54, 1.807) is 0 Å². The van der Waals surface area contributed by atoms with Gasteiger partial charge in [0.15, 0.2) is 0 Å². The molecule has 0 bridgehead atoms. The molecule has 0 fully saturated rings. The normalized spacial score (nSPS) is 17.4. The van der Waals surface area contributed by atoms with Crippen molar-refractivity contribution in [1.82, 2.24) is 0 Å². The Bertz CT molecular complexity index is 352. The molecule has 2 rings (SSSR count). The fraction of sp³-hybridized carbons (Fsp3) is 0.556. The Balaban J connectivity index is 0.000000324. The van der Waals surface area contributed by atoms with Crippen LogP contribution in [-0.2, 0) is 25.8 Å². The number of rotatable bonds is 0. The summed E-state index contributed by atoms with van der Waals surface area (Å²) in [5.41, 5.74) is 3.30. The molecule has 0 saturated carbocycles. The van der Waals surface area contributed by atoms with Gasteiger partial charge in [0.1, 0.15) is 0 Å². The van der Waals surface area contributed by atoms with Crippen LogP contribution in [0.3, 0.4) is 0 Å². The van der Waals surface area contributed by atoms with Gasteiger partial charge in [0.05, 0.1) is 0 Å². The van der Waals surface area contributed by atoms with Crippen LogP contribution in [0.15, 0.2) is 35.5 Å². The van der Waals surface area contributed by atoms with Crippen LogP contribution in [0.25, 0.3) is 0 Å². The van der Waals surface area contributed by atoms with E-state index in [1.165, 1.54) is 11.1 Å². The number of hydrogen-bond donors (Lipinski definition) is 0. The van der Waals surface area contributed by atoms with E-state index in [0.717, 1.165) is 12.8 Å². The molecule has 0 unspecified atom stereocenters. The van der Waals surface area contributed by atoms with Gasteiger partial charge in [0.25, 0.3) is 0 Å². The van der Waals surface area contributed by atoms with Crippen molar-refractivity contribution in [3.8, 4) is 0 Å². The van der Waals surface area contributed by atoms with Gasteiger partial charge in [0.2, 0.25) is 0 Å². The minimum atomic E-state index is 0.